The standard InChI is InChI=1S/C33H38N4O8/c1-36(2)21-12-18(14-35-13-15-6-8-16(9-7-15)33(44)45-5)27(38)23-19(21)10-17-11-20-24(29(40)22(17)28(23)39)30(41)25(32(34)43)31(42)26(20)37(3)4/h6-9,12,17,20,24,26,35,38-39,42H,10-11,13-14H2,1-5H3,(H2,34,43)/t17?,20?,24?,26-/m1/s1. The molecule has 1 amide bonds. The number of aliphatic hydroxyl groups is 2. The van der Waals surface area contributed by atoms with E-state index in [1.807, 2.05) is 25.1 Å². The summed E-state index contributed by atoms with van der Waals surface area (Å²) in [6, 6.07) is 7.96. The van der Waals surface area contributed by atoms with Gasteiger partial charge in [0.25, 0.3) is 5.91 Å². The van der Waals surface area contributed by atoms with Gasteiger partial charge in [-0.15, -0.1) is 0 Å². The Kier molecular flexibility index (Phi) is 8.47. The third-order valence-corrected chi connectivity index (χ3v) is 9.12. The number of primary amides is 1. The summed E-state index contributed by atoms with van der Waals surface area (Å²) in [5, 5.41) is 37.3. The summed E-state index contributed by atoms with van der Waals surface area (Å²) >= 11 is 0. The Morgan fingerprint density at radius 3 is 2.27 bits per heavy atom. The zero-order valence-electron chi connectivity index (χ0n) is 25.9. The second-order valence-corrected chi connectivity index (χ2v) is 12.2. The Labute approximate surface area is 260 Å². The lowest BCUT2D eigenvalue weighted by atomic mass is 9.59. The number of phenols is 1. The van der Waals surface area contributed by atoms with Crippen molar-refractivity contribution in [2.24, 2.45) is 23.5 Å². The molecule has 0 radical (unpaired) electrons. The number of nitrogens with zero attached hydrogens (tertiary/aromatic N) is 2. The number of esters is 1. The molecule has 0 bridgehead atoms. The second-order valence-electron chi connectivity index (χ2n) is 12.2. The maximum Gasteiger partial charge on any atom is 0.337 e. The van der Waals surface area contributed by atoms with Gasteiger partial charge in [0.1, 0.15) is 22.8 Å². The van der Waals surface area contributed by atoms with Crippen molar-refractivity contribution in [3.63, 3.8) is 0 Å². The molecule has 3 aliphatic rings. The number of hydrogen-bond acceptors (Lipinski definition) is 11. The topological polar surface area (TPSA) is 183 Å². The van der Waals surface area contributed by atoms with E-state index in [-0.39, 0.29) is 35.6 Å². The molecule has 2 aromatic rings. The van der Waals surface area contributed by atoms with Crippen LogP contribution in [0.1, 0.15) is 39.0 Å². The molecule has 0 spiro atoms. The van der Waals surface area contributed by atoms with Crippen LogP contribution >= 0.6 is 0 Å². The van der Waals surface area contributed by atoms with Crippen LogP contribution in [0.25, 0.3) is 5.76 Å². The highest BCUT2D eigenvalue weighted by molar-refractivity contribution is 6.28. The first-order valence-electron chi connectivity index (χ1n) is 14.6. The van der Waals surface area contributed by atoms with E-state index in [4.69, 9.17) is 10.5 Å². The van der Waals surface area contributed by atoms with Crippen LogP contribution in [0.4, 0.5) is 5.69 Å². The highest BCUT2D eigenvalue weighted by atomic mass is 16.5. The molecule has 1 saturated carbocycles. The van der Waals surface area contributed by atoms with Crippen LogP contribution < -0.4 is 16.0 Å². The summed E-state index contributed by atoms with van der Waals surface area (Å²) in [7, 11) is 8.39. The quantitative estimate of drug-likeness (QED) is 0.166. The molecule has 2 aromatic carbocycles. The maximum atomic E-state index is 14.0. The Balaban J connectivity index is 1.50. The number of Topliss-reactive ketones (excluding diaryl/α,β-unsaturated/α-hetero) is 2. The lowest BCUT2D eigenvalue weighted by molar-refractivity contribution is -0.136. The van der Waals surface area contributed by atoms with E-state index in [2.05, 4.69) is 5.32 Å². The van der Waals surface area contributed by atoms with Gasteiger partial charge >= 0.3 is 5.97 Å². The number of benzene rings is 2. The zero-order chi connectivity index (χ0) is 32.9. The minimum absolute atomic E-state index is 0.0376. The van der Waals surface area contributed by atoms with Crippen molar-refractivity contribution in [1.29, 1.82) is 0 Å². The average molecular weight is 619 g/mol. The lowest BCUT2D eigenvalue weighted by Gasteiger charge is -2.46. The summed E-state index contributed by atoms with van der Waals surface area (Å²) in [5.41, 5.74) is 8.27. The number of allylic oxidation sites excluding steroid dienone is 1. The minimum Gasteiger partial charge on any atom is -0.510 e. The lowest BCUT2D eigenvalue weighted by Crippen LogP contribution is -2.55. The Bertz CT molecular complexity index is 1660. The molecule has 4 atom stereocenters. The first kappa shape index (κ1) is 31.7. The summed E-state index contributed by atoms with van der Waals surface area (Å²) in [5.74, 6) is -6.49. The predicted octanol–water partition coefficient (Wildman–Crippen LogP) is 1.99. The first-order chi connectivity index (χ1) is 21.3. The van der Waals surface area contributed by atoms with Crippen molar-refractivity contribution >= 4 is 34.9 Å². The number of amides is 1. The number of carbonyl (C=O) groups excluding carboxylic acids is 4. The maximum absolute atomic E-state index is 14.0. The van der Waals surface area contributed by atoms with Crippen LogP contribution in [0.3, 0.4) is 0 Å². The van der Waals surface area contributed by atoms with E-state index in [1.54, 1.807) is 43.3 Å². The third kappa shape index (κ3) is 5.33. The van der Waals surface area contributed by atoms with Gasteiger partial charge in [0.2, 0.25) is 0 Å². The fourth-order valence-electron chi connectivity index (χ4n) is 7.12. The van der Waals surface area contributed by atoms with Crippen molar-refractivity contribution in [1.82, 2.24) is 10.2 Å². The molecular weight excluding hydrogens is 580 g/mol. The number of likely N-dealkylation sites (N-methyl/N-ethyl adjacent to an activating group) is 1. The van der Waals surface area contributed by atoms with E-state index >= 15 is 0 Å². The van der Waals surface area contributed by atoms with E-state index in [9.17, 15) is 34.5 Å². The molecule has 0 aromatic heterocycles. The van der Waals surface area contributed by atoms with Crippen molar-refractivity contribution < 1.29 is 39.2 Å². The van der Waals surface area contributed by atoms with Gasteiger partial charge < -0.3 is 36.0 Å². The number of nitrogens with one attached hydrogen (secondary N) is 1. The van der Waals surface area contributed by atoms with Gasteiger partial charge in [-0.25, -0.2) is 4.79 Å². The largest absolute Gasteiger partial charge is 0.510 e. The number of hydrogen-bond donors (Lipinski definition) is 5. The van der Waals surface area contributed by atoms with E-state index in [0.717, 1.165) is 11.3 Å². The number of methoxy groups -OCH3 is 1. The number of nitrogens with two attached hydrogens (primary N) is 1. The number of ether oxygens (including phenoxy) is 1. The average Bonchev–Trinajstić information content (AvgIpc) is 2.97. The van der Waals surface area contributed by atoms with Crippen molar-refractivity contribution in [3.8, 4) is 5.75 Å². The number of carbonyl (C=O) groups is 4. The molecular formula is C33H38N4O8. The molecule has 12 heteroatoms. The number of phenolic OH excluding ortho intramolecular Hbond substituents is 1. The molecule has 12 nitrogen and oxygen atoms in total. The normalized spacial score (nSPS) is 22.6. The molecule has 5 rings (SSSR count). The Morgan fingerprint density at radius 2 is 1.69 bits per heavy atom. The molecule has 1 fully saturated rings. The minimum atomic E-state index is -1.31. The van der Waals surface area contributed by atoms with Gasteiger partial charge in [-0.1, -0.05) is 12.1 Å². The van der Waals surface area contributed by atoms with E-state index in [1.165, 1.54) is 7.11 Å². The molecule has 45 heavy (non-hydrogen) atoms. The fourth-order valence-corrected chi connectivity index (χ4v) is 7.12. The van der Waals surface area contributed by atoms with Gasteiger partial charge in [0.05, 0.1) is 30.2 Å². The number of fused-ring (bicyclic) bond motifs is 3. The summed E-state index contributed by atoms with van der Waals surface area (Å²) < 4.78 is 4.74. The SMILES string of the molecule is COC(=O)c1ccc(CNCc2cc(N(C)C)c3c(c2O)C(O)=C2C(=O)C4C(=O)C(C(N)=O)=C(O)[C@H](N(C)C)C4CC2C3)cc1. The highest BCUT2D eigenvalue weighted by Crippen LogP contribution is 2.52. The predicted molar refractivity (Wildman–Crippen MR) is 165 cm³/mol. The zero-order valence-corrected chi connectivity index (χ0v) is 25.9. The summed E-state index contributed by atoms with van der Waals surface area (Å²) in [4.78, 5) is 54.9. The first-order valence-corrected chi connectivity index (χ1v) is 14.6. The monoisotopic (exact) mass is 618 g/mol. The molecule has 0 saturated heterocycles. The fraction of sp³-hybridized carbons (Fsp3) is 0.394. The van der Waals surface area contributed by atoms with Crippen LogP contribution in [0.5, 0.6) is 5.75 Å². The van der Waals surface area contributed by atoms with Crippen molar-refractivity contribution in [3.05, 3.63) is 75.1 Å². The van der Waals surface area contributed by atoms with Gasteiger partial charge in [-0.05, 0) is 68.1 Å². The van der Waals surface area contributed by atoms with Crippen LogP contribution in [0.15, 0.2) is 47.2 Å². The summed E-state index contributed by atoms with van der Waals surface area (Å²) in [6.07, 6.45) is 0.595. The Hall–Kier alpha value is -4.68. The smallest absolute Gasteiger partial charge is 0.337 e. The van der Waals surface area contributed by atoms with Crippen LogP contribution in [0, 0.1) is 17.8 Å². The highest BCUT2D eigenvalue weighted by Gasteiger charge is 2.56. The number of ketones is 2. The van der Waals surface area contributed by atoms with Crippen LogP contribution in [-0.2, 0) is 38.6 Å². The Morgan fingerprint density at radius 1 is 1.02 bits per heavy atom. The number of aromatic hydroxyl groups is 1. The molecule has 3 aliphatic carbocycles. The van der Waals surface area contributed by atoms with Crippen LogP contribution in [-0.4, -0.2) is 85.0 Å². The van der Waals surface area contributed by atoms with Gasteiger partial charge in [-0.2, -0.15) is 0 Å². The van der Waals surface area contributed by atoms with Crippen molar-refractivity contribution in [2.45, 2.75) is 32.0 Å². The van der Waals surface area contributed by atoms with Crippen LogP contribution in [0.2, 0.25) is 0 Å². The number of aliphatic hydroxyl groups excluding tert-OH is 2. The van der Waals surface area contributed by atoms with Gasteiger partial charge in [0, 0.05) is 44.0 Å². The molecule has 3 unspecified atom stereocenters. The second kappa shape index (κ2) is 12.0. The van der Waals surface area contributed by atoms with E-state index < -0.39 is 58.6 Å². The van der Waals surface area contributed by atoms with Gasteiger partial charge in [-0.3, -0.25) is 19.3 Å². The van der Waals surface area contributed by atoms with Gasteiger partial charge in [0.15, 0.2) is 11.6 Å². The molecule has 6 N–H and O–H groups in total. The summed E-state index contributed by atoms with van der Waals surface area (Å²) in [6.45, 7) is 0.641. The third-order valence-electron chi connectivity index (χ3n) is 9.12. The van der Waals surface area contributed by atoms with Crippen molar-refractivity contribution in [2.75, 3.05) is 40.2 Å². The van der Waals surface area contributed by atoms with E-state index in [0.29, 0.717) is 29.7 Å². The molecule has 0 aliphatic heterocycles. The number of anilines is 1. The number of rotatable bonds is 8. The molecule has 238 valence electrons. The molecule has 0 heterocycles.